The molecule has 12 heavy (non-hydrogen) atoms. The fraction of sp³-hybridized carbons (Fsp3) is 0.0909. The SMILES string of the molecule is C=Cc1c(C)ccc(S)c1C=C. The Morgan fingerprint density at radius 1 is 1.17 bits per heavy atom. The van der Waals surface area contributed by atoms with Crippen molar-refractivity contribution >= 4 is 24.8 Å². The van der Waals surface area contributed by atoms with E-state index in [0.29, 0.717) is 0 Å². The number of benzene rings is 1. The van der Waals surface area contributed by atoms with Gasteiger partial charge in [0.15, 0.2) is 0 Å². The van der Waals surface area contributed by atoms with Crippen LogP contribution in [0.4, 0.5) is 0 Å². The van der Waals surface area contributed by atoms with Crippen molar-refractivity contribution in [2.75, 3.05) is 0 Å². The van der Waals surface area contributed by atoms with Crippen LogP contribution < -0.4 is 0 Å². The van der Waals surface area contributed by atoms with E-state index in [4.69, 9.17) is 0 Å². The van der Waals surface area contributed by atoms with E-state index in [2.05, 4.69) is 32.7 Å². The van der Waals surface area contributed by atoms with Gasteiger partial charge in [0.25, 0.3) is 0 Å². The van der Waals surface area contributed by atoms with E-state index in [-0.39, 0.29) is 0 Å². The van der Waals surface area contributed by atoms with Crippen molar-refractivity contribution in [2.24, 2.45) is 0 Å². The van der Waals surface area contributed by atoms with Gasteiger partial charge in [0.2, 0.25) is 0 Å². The minimum atomic E-state index is 0.950. The van der Waals surface area contributed by atoms with E-state index in [1.165, 1.54) is 5.56 Å². The lowest BCUT2D eigenvalue weighted by Gasteiger charge is -2.07. The molecule has 0 bridgehead atoms. The molecule has 1 aromatic carbocycles. The van der Waals surface area contributed by atoms with E-state index in [1.54, 1.807) is 0 Å². The van der Waals surface area contributed by atoms with Crippen LogP contribution in [0.25, 0.3) is 12.2 Å². The Kier molecular flexibility index (Phi) is 2.77. The number of thiol groups is 1. The predicted octanol–water partition coefficient (Wildman–Crippen LogP) is 3.57. The van der Waals surface area contributed by atoms with Crippen LogP contribution >= 0.6 is 12.6 Å². The summed E-state index contributed by atoms with van der Waals surface area (Å²) in [6, 6.07) is 4.01. The second-order valence-electron chi connectivity index (χ2n) is 2.64. The monoisotopic (exact) mass is 176 g/mol. The third-order valence-corrected chi connectivity index (χ3v) is 2.28. The molecule has 0 N–H and O–H groups in total. The molecular formula is C11H12S. The average molecular weight is 176 g/mol. The minimum Gasteiger partial charge on any atom is -0.143 e. The van der Waals surface area contributed by atoms with Crippen LogP contribution in [0.3, 0.4) is 0 Å². The third-order valence-electron chi connectivity index (χ3n) is 1.89. The van der Waals surface area contributed by atoms with Crippen LogP contribution in [-0.2, 0) is 0 Å². The van der Waals surface area contributed by atoms with Crippen LogP contribution in [0.15, 0.2) is 30.2 Å². The van der Waals surface area contributed by atoms with Crippen molar-refractivity contribution < 1.29 is 0 Å². The van der Waals surface area contributed by atoms with Crippen molar-refractivity contribution in [3.05, 3.63) is 42.0 Å². The molecule has 1 aromatic rings. The second-order valence-corrected chi connectivity index (χ2v) is 3.12. The molecule has 0 spiro atoms. The topological polar surface area (TPSA) is 0 Å². The molecule has 0 saturated carbocycles. The largest absolute Gasteiger partial charge is 0.143 e. The van der Waals surface area contributed by atoms with Crippen molar-refractivity contribution in [3.63, 3.8) is 0 Å². The van der Waals surface area contributed by atoms with Gasteiger partial charge >= 0.3 is 0 Å². The van der Waals surface area contributed by atoms with Crippen molar-refractivity contribution in [2.45, 2.75) is 11.8 Å². The van der Waals surface area contributed by atoms with Crippen LogP contribution in [0.1, 0.15) is 16.7 Å². The first-order valence-corrected chi connectivity index (χ1v) is 4.23. The van der Waals surface area contributed by atoms with Gasteiger partial charge in [-0.1, -0.05) is 31.4 Å². The Labute approximate surface area is 79.0 Å². The maximum absolute atomic E-state index is 4.33. The molecule has 0 fully saturated rings. The van der Waals surface area contributed by atoms with Gasteiger partial charge in [0.05, 0.1) is 0 Å². The molecule has 0 aliphatic rings. The summed E-state index contributed by atoms with van der Waals surface area (Å²) in [6.45, 7) is 9.56. The molecule has 0 unspecified atom stereocenters. The van der Waals surface area contributed by atoms with E-state index >= 15 is 0 Å². The summed E-state index contributed by atoms with van der Waals surface area (Å²) in [5.41, 5.74) is 3.39. The van der Waals surface area contributed by atoms with Crippen molar-refractivity contribution in [1.29, 1.82) is 0 Å². The molecule has 62 valence electrons. The standard InChI is InChI=1S/C11H12S/c1-4-9-8(3)6-7-11(12)10(9)5-2/h4-7,12H,1-2H2,3H3. The van der Waals surface area contributed by atoms with Crippen LogP contribution in [0.2, 0.25) is 0 Å². The Morgan fingerprint density at radius 3 is 2.17 bits per heavy atom. The maximum atomic E-state index is 4.33. The van der Waals surface area contributed by atoms with E-state index in [9.17, 15) is 0 Å². The van der Waals surface area contributed by atoms with Gasteiger partial charge in [0.1, 0.15) is 0 Å². The zero-order valence-electron chi connectivity index (χ0n) is 7.17. The highest BCUT2D eigenvalue weighted by molar-refractivity contribution is 7.80. The molecule has 0 aliphatic heterocycles. The highest BCUT2D eigenvalue weighted by Gasteiger charge is 2.02. The lowest BCUT2D eigenvalue weighted by molar-refractivity contribution is 1.34. The molecule has 0 aromatic heterocycles. The van der Waals surface area contributed by atoms with Crippen molar-refractivity contribution in [3.8, 4) is 0 Å². The lowest BCUT2D eigenvalue weighted by atomic mass is 10.0. The van der Waals surface area contributed by atoms with E-state index in [1.807, 2.05) is 24.3 Å². The first kappa shape index (κ1) is 9.14. The predicted molar refractivity (Wildman–Crippen MR) is 58.6 cm³/mol. The summed E-state index contributed by atoms with van der Waals surface area (Å²) in [4.78, 5) is 0.950. The molecular weight excluding hydrogens is 164 g/mol. The molecule has 0 aliphatic carbocycles. The number of aryl methyl sites for hydroxylation is 1. The fourth-order valence-electron chi connectivity index (χ4n) is 1.22. The lowest BCUT2D eigenvalue weighted by Crippen LogP contribution is -1.87. The molecule has 0 radical (unpaired) electrons. The highest BCUT2D eigenvalue weighted by atomic mass is 32.1. The zero-order chi connectivity index (χ0) is 9.14. The number of hydrogen-bond donors (Lipinski definition) is 1. The summed E-state index contributed by atoms with van der Waals surface area (Å²) in [7, 11) is 0. The number of hydrogen-bond acceptors (Lipinski definition) is 1. The minimum absolute atomic E-state index is 0.950. The van der Waals surface area contributed by atoms with Gasteiger partial charge in [-0.15, -0.1) is 12.6 Å². The average Bonchev–Trinajstić information content (AvgIpc) is 2.08. The smallest absolute Gasteiger partial charge is 0.0119 e. The van der Waals surface area contributed by atoms with Crippen LogP contribution in [0.5, 0.6) is 0 Å². The van der Waals surface area contributed by atoms with E-state index < -0.39 is 0 Å². The first-order valence-electron chi connectivity index (χ1n) is 3.78. The Hall–Kier alpha value is -0.950. The summed E-state index contributed by atoms with van der Waals surface area (Å²) in [5.74, 6) is 0. The second kappa shape index (κ2) is 3.63. The summed E-state index contributed by atoms with van der Waals surface area (Å²) < 4.78 is 0. The molecule has 0 amide bonds. The Balaban J connectivity index is 3.48. The van der Waals surface area contributed by atoms with Gasteiger partial charge in [-0.25, -0.2) is 0 Å². The highest BCUT2D eigenvalue weighted by Crippen LogP contribution is 2.23. The van der Waals surface area contributed by atoms with E-state index in [0.717, 1.165) is 16.0 Å². The molecule has 1 heteroatoms. The molecule has 0 saturated heterocycles. The quantitative estimate of drug-likeness (QED) is 0.654. The number of rotatable bonds is 2. The zero-order valence-corrected chi connectivity index (χ0v) is 8.07. The maximum Gasteiger partial charge on any atom is 0.0119 e. The van der Waals surface area contributed by atoms with Crippen molar-refractivity contribution in [1.82, 2.24) is 0 Å². The molecule has 1 rings (SSSR count). The Morgan fingerprint density at radius 2 is 1.75 bits per heavy atom. The normalized spacial score (nSPS) is 9.50. The molecule has 0 nitrogen and oxygen atoms in total. The van der Waals surface area contributed by atoms with Gasteiger partial charge in [0, 0.05) is 4.90 Å². The van der Waals surface area contributed by atoms with Gasteiger partial charge in [-0.2, -0.15) is 0 Å². The Bertz CT molecular complexity index is 291. The summed E-state index contributed by atoms with van der Waals surface area (Å²) in [6.07, 6.45) is 3.65. The summed E-state index contributed by atoms with van der Waals surface area (Å²) >= 11 is 4.33. The van der Waals surface area contributed by atoms with Gasteiger partial charge in [-0.3, -0.25) is 0 Å². The van der Waals surface area contributed by atoms with Gasteiger partial charge in [-0.05, 0) is 29.7 Å². The molecule has 0 heterocycles. The molecule has 0 atom stereocenters. The fourth-order valence-corrected chi connectivity index (χ4v) is 1.51. The third kappa shape index (κ3) is 1.46. The first-order chi connectivity index (χ1) is 5.70. The van der Waals surface area contributed by atoms with Crippen LogP contribution in [-0.4, -0.2) is 0 Å². The summed E-state index contributed by atoms with van der Waals surface area (Å²) in [5, 5.41) is 0. The van der Waals surface area contributed by atoms with Gasteiger partial charge < -0.3 is 0 Å². The van der Waals surface area contributed by atoms with Crippen LogP contribution in [0, 0.1) is 6.92 Å².